The van der Waals surface area contributed by atoms with Crippen molar-refractivity contribution < 1.29 is 0 Å². The van der Waals surface area contributed by atoms with Crippen LogP contribution in [0.5, 0.6) is 0 Å². The number of halogens is 1. The smallest absolute Gasteiger partial charge is 0.163 e. The van der Waals surface area contributed by atoms with Gasteiger partial charge in [-0.05, 0) is 32.6 Å². The Labute approximate surface area is 155 Å². The van der Waals surface area contributed by atoms with Crippen LogP contribution in [0.1, 0.15) is 33.4 Å². The van der Waals surface area contributed by atoms with Crippen LogP contribution in [0.4, 0.5) is 0 Å². The summed E-state index contributed by atoms with van der Waals surface area (Å²) in [4.78, 5) is 6.94. The van der Waals surface area contributed by atoms with Gasteiger partial charge in [-0.15, -0.1) is 0 Å². The number of rotatable bonds is 5. The molecule has 0 N–H and O–H groups in total. The highest BCUT2D eigenvalue weighted by Crippen LogP contribution is 2.31. The van der Waals surface area contributed by atoms with Crippen molar-refractivity contribution >= 4 is 22.6 Å². The molecular weight excluding hydrogens is 334 g/mol. The molecule has 0 spiro atoms. The molecule has 6 heteroatoms. The predicted octanol–water partition coefficient (Wildman–Crippen LogP) is 4.59. The van der Waals surface area contributed by atoms with Crippen molar-refractivity contribution in [3.8, 4) is 11.5 Å². The lowest BCUT2D eigenvalue weighted by atomic mass is 10.3. The fourth-order valence-corrected chi connectivity index (χ4v) is 3.03. The molecule has 0 aliphatic rings. The van der Waals surface area contributed by atoms with Crippen LogP contribution in [0.2, 0.25) is 5.02 Å². The van der Waals surface area contributed by atoms with Crippen molar-refractivity contribution in [1.82, 2.24) is 24.2 Å². The van der Waals surface area contributed by atoms with Crippen molar-refractivity contribution in [2.75, 3.05) is 13.6 Å². The second-order valence-corrected chi connectivity index (χ2v) is 6.12. The van der Waals surface area contributed by atoms with E-state index in [1.807, 2.05) is 43.8 Å². The normalized spacial score (nSPS) is 11.0. The summed E-state index contributed by atoms with van der Waals surface area (Å²) in [5.74, 6) is 0.809. The van der Waals surface area contributed by atoms with Gasteiger partial charge in [-0.2, -0.15) is 5.10 Å². The molecule has 2 heterocycles. The van der Waals surface area contributed by atoms with Crippen LogP contribution in [0, 0.1) is 0 Å². The third kappa shape index (κ3) is 3.72. The van der Waals surface area contributed by atoms with Gasteiger partial charge in [-0.3, -0.25) is 4.68 Å². The first-order chi connectivity index (χ1) is 12.1. The third-order valence-corrected chi connectivity index (χ3v) is 4.65. The topological polar surface area (TPSA) is 38.9 Å². The maximum absolute atomic E-state index is 6.68. The fraction of sp³-hybridized carbons (Fsp3) is 0.474. The minimum absolute atomic E-state index is 0.700. The Morgan fingerprint density at radius 3 is 2.44 bits per heavy atom. The molecule has 0 fully saturated rings. The van der Waals surface area contributed by atoms with Gasteiger partial charge in [0.15, 0.2) is 5.82 Å². The lowest BCUT2D eigenvalue weighted by molar-refractivity contribution is 0.332. The Bertz CT molecular complexity index is 834. The summed E-state index contributed by atoms with van der Waals surface area (Å²) in [5, 5.41) is 5.42. The summed E-state index contributed by atoms with van der Waals surface area (Å²) in [6, 6.07) is 8.08. The number of para-hydroxylation sites is 2. The lowest BCUT2D eigenvalue weighted by Gasteiger charge is -2.14. The number of benzene rings is 1. The van der Waals surface area contributed by atoms with Crippen LogP contribution in [0.15, 0.2) is 24.3 Å². The average Bonchev–Trinajstić information content (AvgIpc) is 3.14. The Kier molecular flexibility index (Phi) is 6.62. The largest absolute Gasteiger partial charge is 0.326 e. The Balaban J connectivity index is 0.00000109. The van der Waals surface area contributed by atoms with Crippen molar-refractivity contribution in [3.05, 3.63) is 35.0 Å². The van der Waals surface area contributed by atoms with Crippen LogP contribution in [-0.2, 0) is 20.1 Å². The molecule has 0 radical (unpaired) electrons. The summed E-state index contributed by atoms with van der Waals surface area (Å²) < 4.78 is 4.03. The Morgan fingerprint density at radius 1 is 1.16 bits per heavy atom. The molecule has 2 aromatic heterocycles. The molecule has 0 atom stereocenters. The van der Waals surface area contributed by atoms with Crippen LogP contribution in [0.25, 0.3) is 22.6 Å². The van der Waals surface area contributed by atoms with Gasteiger partial charge in [0.2, 0.25) is 0 Å². The molecule has 0 aliphatic carbocycles. The predicted molar refractivity (Wildman–Crippen MR) is 106 cm³/mol. The van der Waals surface area contributed by atoms with E-state index < -0.39 is 0 Å². The molecule has 136 valence electrons. The molecule has 3 aromatic rings. The molecule has 0 saturated carbocycles. The first-order valence-corrected chi connectivity index (χ1v) is 9.30. The molecule has 0 amide bonds. The zero-order valence-corrected chi connectivity index (χ0v) is 16.8. The molecule has 0 saturated heterocycles. The van der Waals surface area contributed by atoms with Gasteiger partial charge >= 0.3 is 0 Å². The van der Waals surface area contributed by atoms with Crippen LogP contribution < -0.4 is 0 Å². The van der Waals surface area contributed by atoms with E-state index in [1.165, 1.54) is 0 Å². The number of aryl methyl sites for hydroxylation is 2. The van der Waals surface area contributed by atoms with Crippen molar-refractivity contribution in [2.45, 2.75) is 40.8 Å². The number of nitrogens with zero attached hydrogens (tertiary/aromatic N) is 5. The maximum Gasteiger partial charge on any atom is 0.163 e. The summed E-state index contributed by atoms with van der Waals surface area (Å²) in [7, 11) is 4.09. The lowest BCUT2D eigenvalue weighted by Crippen LogP contribution is -2.19. The molecule has 3 rings (SSSR count). The molecule has 0 bridgehead atoms. The van der Waals surface area contributed by atoms with E-state index in [9.17, 15) is 0 Å². The number of hydrogen-bond donors (Lipinski definition) is 0. The fourth-order valence-electron chi connectivity index (χ4n) is 2.76. The first kappa shape index (κ1) is 19.5. The van der Waals surface area contributed by atoms with E-state index in [0.29, 0.717) is 5.02 Å². The minimum Gasteiger partial charge on any atom is -0.326 e. The van der Waals surface area contributed by atoms with Gasteiger partial charge in [-0.25, -0.2) is 4.98 Å². The number of fused-ring (bicyclic) bond motifs is 1. The Hall–Kier alpha value is -1.85. The van der Waals surface area contributed by atoms with Gasteiger partial charge in [-0.1, -0.05) is 44.5 Å². The SMILES string of the molecule is CC.CCN(C)Cc1c(Cl)c(-c2nc3ccccc3n2C)nn1CC. The highest BCUT2D eigenvalue weighted by Gasteiger charge is 2.21. The van der Waals surface area contributed by atoms with E-state index in [4.69, 9.17) is 21.7 Å². The summed E-state index contributed by atoms with van der Waals surface area (Å²) in [6.07, 6.45) is 0. The third-order valence-electron chi connectivity index (χ3n) is 4.25. The second-order valence-electron chi connectivity index (χ2n) is 5.74. The summed E-state index contributed by atoms with van der Waals surface area (Å²) in [6.45, 7) is 10.7. The van der Waals surface area contributed by atoms with Gasteiger partial charge in [0.1, 0.15) is 5.69 Å². The average molecular weight is 362 g/mol. The van der Waals surface area contributed by atoms with E-state index >= 15 is 0 Å². The van der Waals surface area contributed by atoms with Crippen LogP contribution in [-0.4, -0.2) is 37.8 Å². The van der Waals surface area contributed by atoms with E-state index in [1.54, 1.807) is 0 Å². The maximum atomic E-state index is 6.68. The standard InChI is InChI=1S/C17H22ClN5.C2H6/c1-5-21(3)11-14-15(18)16(20-23(14)6-2)17-19-12-9-7-8-10-13(12)22(17)4;1-2/h7-10H,5-6,11H2,1-4H3;1-2H3. The zero-order valence-electron chi connectivity index (χ0n) is 16.0. The molecular formula is C19H28ClN5. The van der Waals surface area contributed by atoms with Crippen molar-refractivity contribution in [2.24, 2.45) is 7.05 Å². The number of hydrogen-bond acceptors (Lipinski definition) is 3. The van der Waals surface area contributed by atoms with E-state index in [-0.39, 0.29) is 0 Å². The van der Waals surface area contributed by atoms with Gasteiger partial charge in [0.25, 0.3) is 0 Å². The van der Waals surface area contributed by atoms with Crippen molar-refractivity contribution in [3.63, 3.8) is 0 Å². The minimum atomic E-state index is 0.700. The summed E-state index contributed by atoms with van der Waals surface area (Å²) in [5.41, 5.74) is 3.84. The van der Waals surface area contributed by atoms with Gasteiger partial charge in [0, 0.05) is 20.1 Å². The van der Waals surface area contributed by atoms with E-state index in [0.717, 1.165) is 47.9 Å². The highest BCUT2D eigenvalue weighted by molar-refractivity contribution is 6.33. The molecule has 0 aliphatic heterocycles. The van der Waals surface area contributed by atoms with Crippen LogP contribution in [0.3, 0.4) is 0 Å². The highest BCUT2D eigenvalue weighted by atomic mass is 35.5. The molecule has 25 heavy (non-hydrogen) atoms. The number of aromatic nitrogens is 4. The van der Waals surface area contributed by atoms with Crippen LogP contribution >= 0.6 is 11.6 Å². The Morgan fingerprint density at radius 2 is 1.84 bits per heavy atom. The van der Waals surface area contributed by atoms with Gasteiger partial charge in [0.05, 0.1) is 21.7 Å². The summed E-state index contributed by atoms with van der Waals surface area (Å²) >= 11 is 6.68. The van der Waals surface area contributed by atoms with Crippen molar-refractivity contribution in [1.29, 1.82) is 0 Å². The first-order valence-electron chi connectivity index (χ1n) is 8.92. The monoisotopic (exact) mass is 361 g/mol. The molecule has 1 aromatic carbocycles. The second kappa shape index (κ2) is 8.50. The number of imidazole rings is 1. The zero-order chi connectivity index (χ0) is 18.6. The quantitative estimate of drug-likeness (QED) is 0.667. The molecule has 5 nitrogen and oxygen atoms in total. The van der Waals surface area contributed by atoms with E-state index in [2.05, 4.69) is 36.4 Å². The van der Waals surface area contributed by atoms with Gasteiger partial charge < -0.3 is 9.47 Å². The molecule has 0 unspecified atom stereocenters.